The van der Waals surface area contributed by atoms with Gasteiger partial charge < -0.3 is 36.5 Å². The number of nitrogens with two attached hydrogens (primary N) is 1. The Hall–Kier alpha value is -5.82. The van der Waals surface area contributed by atoms with Crippen molar-refractivity contribution in [3.63, 3.8) is 0 Å². The van der Waals surface area contributed by atoms with E-state index in [1.807, 2.05) is 99.0 Å². The molecule has 4 rings (SSSR count). The summed E-state index contributed by atoms with van der Waals surface area (Å²) in [5.41, 5.74) is 8.18. The van der Waals surface area contributed by atoms with Gasteiger partial charge in [-0.2, -0.15) is 0 Å². The smallest absolute Gasteiger partial charge is 0.326 e. The van der Waals surface area contributed by atoms with Crippen LogP contribution in [0, 0.1) is 11.8 Å². The van der Waals surface area contributed by atoms with Crippen molar-refractivity contribution in [1.29, 1.82) is 0 Å². The summed E-state index contributed by atoms with van der Waals surface area (Å²) < 4.78 is 1.99. The van der Waals surface area contributed by atoms with Crippen LogP contribution in [0.5, 0.6) is 0 Å². The van der Waals surface area contributed by atoms with Gasteiger partial charge in [0, 0.05) is 42.4 Å². The average Bonchev–Trinajstić information content (AvgIpc) is 3.56. The molecule has 0 fully saturated rings. The molecule has 1 aromatic heterocycles. The summed E-state index contributed by atoms with van der Waals surface area (Å²) in [5.74, 6) is -2.11. The van der Waals surface area contributed by atoms with Gasteiger partial charge in [-0.1, -0.05) is 101 Å². The second-order valence-corrected chi connectivity index (χ2v) is 14.5. The third-order valence-corrected chi connectivity index (χ3v) is 8.82. The Bertz CT molecular complexity index is 1850. The number of para-hydroxylation sites is 1. The lowest BCUT2D eigenvalue weighted by atomic mass is 9.96. The number of aliphatic carboxylic acids is 1. The third kappa shape index (κ3) is 14.8. The van der Waals surface area contributed by atoms with Crippen LogP contribution >= 0.6 is 0 Å². The Kier molecular flexibility index (Phi) is 17.9. The summed E-state index contributed by atoms with van der Waals surface area (Å²) >= 11 is 0. The molecule has 0 aliphatic heterocycles. The Morgan fingerprint density at radius 2 is 1.30 bits per heavy atom. The Morgan fingerprint density at radius 3 is 1.82 bits per heavy atom. The molecule has 4 atom stereocenters. The van der Waals surface area contributed by atoms with Gasteiger partial charge in [-0.05, 0) is 54.5 Å². The minimum atomic E-state index is -1.29. The number of aliphatic hydroxyl groups excluding tert-OH is 1. The standard InChI is InChI=1S/C36H49N5O6.C7H7NO/c1-6-33(43)38-29(20-27-22-37-32(19-25-13-9-7-10-14-25)41(27)26-15-11-8-12-16-26)35(45)40-28(17-23(2)3)31(42)21-34(44)39-30(36(46)47)18-24(4)5;8-7(9)6-4-2-1-3-5-6/h7-16,22-24,28-31,42H,6,17-21H2,1-5H3,(H,38,43)(H,39,44)(H,40,45)(H,46,47);1-5H,(H2,8,9)/t28-,29-,30-,31-;/m0./s1. The van der Waals surface area contributed by atoms with Gasteiger partial charge >= 0.3 is 5.97 Å². The van der Waals surface area contributed by atoms with E-state index in [9.17, 15) is 34.2 Å². The van der Waals surface area contributed by atoms with Crippen LogP contribution in [0.4, 0.5) is 0 Å². The zero-order valence-corrected chi connectivity index (χ0v) is 32.9. The van der Waals surface area contributed by atoms with Crippen molar-refractivity contribution in [1.82, 2.24) is 25.5 Å². The average molecular weight is 769 g/mol. The molecule has 0 unspecified atom stereocenters. The molecule has 0 radical (unpaired) electrons. The van der Waals surface area contributed by atoms with Crippen molar-refractivity contribution in [2.45, 2.75) is 97.4 Å². The molecule has 4 amide bonds. The van der Waals surface area contributed by atoms with E-state index in [2.05, 4.69) is 16.0 Å². The largest absolute Gasteiger partial charge is 0.480 e. The van der Waals surface area contributed by atoms with E-state index in [4.69, 9.17) is 10.7 Å². The van der Waals surface area contributed by atoms with Gasteiger partial charge in [0.05, 0.1) is 18.6 Å². The van der Waals surface area contributed by atoms with Gasteiger partial charge in [0.2, 0.25) is 23.6 Å². The van der Waals surface area contributed by atoms with Crippen LogP contribution in [-0.4, -0.2) is 73.6 Å². The van der Waals surface area contributed by atoms with Crippen LogP contribution in [-0.2, 0) is 32.0 Å². The summed E-state index contributed by atoms with van der Waals surface area (Å²) in [6.45, 7) is 9.27. The lowest BCUT2D eigenvalue weighted by molar-refractivity contribution is -0.142. The summed E-state index contributed by atoms with van der Waals surface area (Å²) in [5, 5.41) is 28.9. The number of amides is 4. The molecule has 4 aromatic rings. The molecule has 0 spiro atoms. The van der Waals surface area contributed by atoms with Gasteiger partial charge in [0.25, 0.3) is 0 Å². The number of hydrogen-bond acceptors (Lipinski definition) is 7. The van der Waals surface area contributed by atoms with E-state index >= 15 is 0 Å². The Morgan fingerprint density at radius 1 is 0.750 bits per heavy atom. The Balaban J connectivity index is 0.000000817. The lowest BCUT2D eigenvalue weighted by Gasteiger charge is -2.28. The van der Waals surface area contributed by atoms with Crippen LogP contribution < -0.4 is 21.7 Å². The van der Waals surface area contributed by atoms with Crippen LogP contribution in [0.15, 0.2) is 97.2 Å². The number of nitrogens with one attached hydrogen (secondary N) is 3. The van der Waals surface area contributed by atoms with Crippen molar-refractivity contribution in [3.05, 3.63) is 120 Å². The number of carboxylic acid groups (broad SMARTS) is 1. The van der Waals surface area contributed by atoms with Gasteiger partial charge in [-0.15, -0.1) is 0 Å². The monoisotopic (exact) mass is 768 g/mol. The maximum absolute atomic E-state index is 13.9. The number of carboxylic acids is 1. The summed E-state index contributed by atoms with van der Waals surface area (Å²) in [6, 6.07) is 25.5. The van der Waals surface area contributed by atoms with Gasteiger partial charge in [0.1, 0.15) is 17.9 Å². The Labute approximate surface area is 329 Å². The molecule has 1 heterocycles. The number of hydrogen-bond donors (Lipinski definition) is 6. The maximum Gasteiger partial charge on any atom is 0.326 e. The highest BCUT2D eigenvalue weighted by atomic mass is 16.4. The van der Waals surface area contributed by atoms with E-state index in [1.165, 1.54) is 0 Å². The van der Waals surface area contributed by atoms with Crippen LogP contribution in [0.25, 0.3) is 5.69 Å². The molecule has 0 aliphatic rings. The fraction of sp³-hybridized carbons (Fsp3) is 0.395. The van der Waals surface area contributed by atoms with Crippen molar-refractivity contribution in [3.8, 4) is 5.69 Å². The van der Waals surface area contributed by atoms with Crippen molar-refractivity contribution in [2.24, 2.45) is 17.6 Å². The zero-order chi connectivity index (χ0) is 41.2. The van der Waals surface area contributed by atoms with Gasteiger partial charge in [-0.3, -0.25) is 19.2 Å². The first-order chi connectivity index (χ1) is 26.7. The summed E-state index contributed by atoms with van der Waals surface area (Å²) in [7, 11) is 0. The molecular weight excluding hydrogens is 713 g/mol. The normalized spacial score (nSPS) is 13.1. The van der Waals surface area contributed by atoms with Crippen molar-refractivity contribution in [2.75, 3.05) is 0 Å². The molecule has 0 aliphatic carbocycles. The SMILES string of the molecule is CCC(=O)N[C@@H](Cc1cnc(Cc2ccccc2)n1-c1ccccc1)C(=O)N[C@@H](CC(C)C)[C@@H](O)CC(=O)N[C@@H](CC(C)C)C(=O)O.NC(=O)c1ccccc1. The molecule has 0 saturated heterocycles. The number of imidazole rings is 1. The van der Waals surface area contributed by atoms with Crippen LogP contribution in [0.1, 0.15) is 87.7 Å². The predicted molar refractivity (Wildman–Crippen MR) is 215 cm³/mol. The number of primary amides is 1. The molecule has 13 nitrogen and oxygen atoms in total. The predicted octanol–water partition coefficient (Wildman–Crippen LogP) is 4.58. The highest BCUT2D eigenvalue weighted by Gasteiger charge is 2.31. The first-order valence-electron chi connectivity index (χ1n) is 19.0. The molecule has 0 bridgehead atoms. The number of rotatable bonds is 19. The minimum absolute atomic E-state index is 0.0391. The second kappa shape index (κ2) is 22.5. The summed E-state index contributed by atoms with van der Waals surface area (Å²) in [4.78, 5) is 66.1. The quantitative estimate of drug-likeness (QED) is 0.0795. The van der Waals surface area contributed by atoms with Crippen LogP contribution in [0.2, 0.25) is 0 Å². The molecule has 0 saturated carbocycles. The summed E-state index contributed by atoms with van der Waals surface area (Å²) in [6.07, 6.45) is 1.47. The van der Waals surface area contributed by atoms with Crippen molar-refractivity contribution >= 4 is 29.6 Å². The maximum atomic E-state index is 13.9. The first-order valence-corrected chi connectivity index (χ1v) is 19.0. The molecule has 13 heteroatoms. The highest BCUT2D eigenvalue weighted by molar-refractivity contribution is 5.92. The number of carbonyl (C=O) groups is 5. The number of aliphatic hydroxyl groups is 1. The third-order valence-electron chi connectivity index (χ3n) is 8.82. The number of carbonyl (C=O) groups excluding carboxylic acids is 4. The number of nitrogens with zero attached hydrogens (tertiary/aromatic N) is 2. The molecule has 7 N–H and O–H groups in total. The van der Waals surface area contributed by atoms with E-state index in [0.29, 0.717) is 24.1 Å². The first kappa shape index (κ1) is 44.6. The van der Waals surface area contributed by atoms with E-state index in [1.54, 1.807) is 37.4 Å². The molecule has 3 aromatic carbocycles. The number of benzene rings is 3. The fourth-order valence-corrected chi connectivity index (χ4v) is 6.07. The zero-order valence-electron chi connectivity index (χ0n) is 32.9. The van der Waals surface area contributed by atoms with E-state index in [0.717, 1.165) is 17.1 Å². The second-order valence-electron chi connectivity index (χ2n) is 14.5. The molecule has 56 heavy (non-hydrogen) atoms. The van der Waals surface area contributed by atoms with Crippen LogP contribution in [0.3, 0.4) is 0 Å². The van der Waals surface area contributed by atoms with Crippen molar-refractivity contribution < 1.29 is 34.2 Å². The fourth-order valence-electron chi connectivity index (χ4n) is 6.07. The highest BCUT2D eigenvalue weighted by Crippen LogP contribution is 2.20. The van der Waals surface area contributed by atoms with Gasteiger partial charge in [-0.25, -0.2) is 9.78 Å². The van der Waals surface area contributed by atoms with E-state index in [-0.39, 0.29) is 42.9 Å². The molecular formula is C43H56N6O7. The molecule has 300 valence electrons. The number of aromatic nitrogens is 2. The van der Waals surface area contributed by atoms with E-state index < -0.39 is 48.4 Å². The lowest BCUT2D eigenvalue weighted by Crippen LogP contribution is -2.54. The van der Waals surface area contributed by atoms with Gasteiger partial charge in [0.15, 0.2) is 0 Å². The topological polar surface area (TPSA) is 206 Å². The minimum Gasteiger partial charge on any atom is -0.480 e.